The van der Waals surface area contributed by atoms with Crippen LogP contribution < -0.4 is 21.9 Å². The van der Waals surface area contributed by atoms with Crippen molar-refractivity contribution in [3.05, 3.63) is 54.6 Å². The fourth-order valence-corrected chi connectivity index (χ4v) is 3.16. The number of methoxy groups -OCH3 is 1. The smallest absolute Gasteiger partial charge is 0.330 e. The molecule has 10 heteroatoms. The lowest BCUT2D eigenvalue weighted by molar-refractivity contribution is -0.118. The summed E-state index contributed by atoms with van der Waals surface area (Å²) in [6.45, 7) is 2.58. The minimum atomic E-state index is -0.723. The predicted octanol–water partition coefficient (Wildman–Crippen LogP) is 2.45. The Labute approximate surface area is 178 Å². The molecule has 1 aromatic carbocycles. The molecule has 1 heterocycles. The summed E-state index contributed by atoms with van der Waals surface area (Å²) in [5.74, 6) is -0.441. The number of aromatic nitrogens is 2. The van der Waals surface area contributed by atoms with Crippen molar-refractivity contribution in [2.24, 2.45) is 0 Å². The number of nitrogens with two attached hydrogens (primary N) is 1. The molecule has 0 spiro atoms. The molecule has 1 amide bonds. The van der Waals surface area contributed by atoms with Gasteiger partial charge < -0.3 is 15.4 Å². The second kappa shape index (κ2) is 10.5. The van der Waals surface area contributed by atoms with Crippen LogP contribution >= 0.6 is 23.2 Å². The molecular weight excluding hydrogens is 419 g/mol. The maximum absolute atomic E-state index is 13.0. The first-order chi connectivity index (χ1) is 13.8. The second-order valence-corrected chi connectivity index (χ2v) is 7.28. The van der Waals surface area contributed by atoms with Crippen LogP contribution in [0.2, 0.25) is 10.0 Å². The van der Waals surface area contributed by atoms with Gasteiger partial charge in [0.2, 0.25) is 5.91 Å². The zero-order chi connectivity index (χ0) is 21.6. The van der Waals surface area contributed by atoms with E-state index in [4.69, 9.17) is 33.7 Å². The monoisotopic (exact) mass is 442 g/mol. The maximum atomic E-state index is 13.0. The number of carbonyl (C=O) groups is 1. The normalized spacial score (nSPS) is 10.9. The molecule has 0 radical (unpaired) electrons. The Bertz CT molecular complexity index is 987. The van der Waals surface area contributed by atoms with Crippen molar-refractivity contribution in [1.82, 2.24) is 9.55 Å². The minimum absolute atomic E-state index is 0.0342. The molecular formula is C19H24Cl2N4O4. The van der Waals surface area contributed by atoms with E-state index in [2.05, 4.69) is 4.98 Å². The topological polar surface area (TPSA) is 110 Å². The second-order valence-electron chi connectivity index (χ2n) is 6.46. The van der Waals surface area contributed by atoms with Crippen molar-refractivity contribution in [3.8, 4) is 0 Å². The zero-order valence-corrected chi connectivity index (χ0v) is 17.8. The first kappa shape index (κ1) is 23.0. The summed E-state index contributed by atoms with van der Waals surface area (Å²) >= 11 is 11.9. The van der Waals surface area contributed by atoms with E-state index < -0.39 is 17.2 Å². The van der Waals surface area contributed by atoms with Crippen LogP contribution in [0.3, 0.4) is 0 Å². The quantitative estimate of drug-likeness (QED) is 0.619. The van der Waals surface area contributed by atoms with Crippen molar-refractivity contribution < 1.29 is 9.53 Å². The van der Waals surface area contributed by atoms with Crippen molar-refractivity contribution >= 4 is 40.6 Å². The molecule has 0 fully saturated rings. The van der Waals surface area contributed by atoms with Gasteiger partial charge in [-0.15, -0.1) is 0 Å². The van der Waals surface area contributed by atoms with Crippen LogP contribution in [0.25, 0.3) is 0 Å². The van der Waals surface area contributed by atoms with Gasteiger partial charge in [0.25, 0.3) is 5.56 Å². The molecule has 158 valence electrons. The average Bonchev–Trinajstić information content (AvgIpc) is 2.66. The van der Waals surface area contributed by atoms with E-state index in [0.29, 0.717) is 28.6 Å². The standard InChI is InChI=1S/C19H24Cl2N4O4/c1-3-4-7-25-17(22)16(18(27)23-19(25)28)24(8-9-29-2)15(26)11-12-5-6-13(20)14(21)10-12/h5-6,10H,3-4,7-9,11,22H2,1-2H3,(H,23,27,28). The number of nitrogens with zero attached hydrogens (tertiary/aromatic N) is 2. The fraction of sp³-hybridized carbons (Fsp3) is 0.421. The van der Waals surface area contributed by atoms with Gasteiger partial charge in [-0.2, -0.15) is 0 Å². The molecule has 8 nitrogen and oxygen atoms in total. The number of nitrogens with one attached hydrogen (secondary N) is 1. The molecule has 29 heavy (non-hydrogen) atoms. The lowest BCUT2D eigenvalue weighted by Crippen LogP contribution is -2.43. The number of rotatable bonds is 9. The number of hydrogen-bond donors (Lipinski definition) is 2. The number of benzene rings is 1. The van der Waals surface area contributed by atoms with Gasteiger partial charge in [-0.1, -0.05) is 42.6 Å². The summed E-state index contributed by atoms with van der Waals surface area (Å²) in [4.78, 5) is 41.2. The summed E-state index contributed by atoms with van der Waals surface area (Å²) < 4.78 is 6.34. The molecule has 0 unspecified atom stereocenters. The molecule has 0 atom stereocenters. The third-order valence-corrected chi connectivity index (χ3v) is 5.12. The minimum Gasteiger partial charge on any atom is -0.383 e. The highest BCUT2D eigenvalue weighted by molar-refractivity contribution is 6.42. The first-order valence-electron chi connectivity index (χ1n) is 9.16. The van der Waals surface area contributed by atoms with Crippen molar-refractivity contribution in [2.45, 2.75) is 32.7 Å². The number of hydrogen-bond acceptors (Lipinski definition) is 5. The number of H-pyrrole nitrogens is 1. The summed E-state index contributed by atoms with van der Waals surface area (Å²) in [6, 6.07) is 4.86. The highest BCUT2D eigenvalue weighted by atomic mass is 35.5. The number of amides is 1. The Morgan fingerprint density at radius 1 is 1.28 bits per heavy atom. The van der Waals surface area contributed by atoms with E-state index in [1.807, 2.05) is 6.92 Å². The summed E-state index contributed by atoms with van der Waals surface area (Å²) in [5.41, 5.74) is 5.38. The highest BCUT2D eigenvalue weighted by Crippen LogP contribution is 2.24. The molecule has 0 aliphatic heterocycles. The summed E-state index contributed by atoms with van der Waals surface area (Å²) in [7, 11) is 1.48. The number of anilines is 2. The first-order valence-corrected chi connectivity index (χ1v) is 9.91. The highest BCUT2D eigenvalue weighted by Gasteiger charge is 2.24. The number of ether oxygens (including phenoxy) is 1. The van der Waals surface area contributed by atoms with E-state index in [1.165, 1.54) is 16.6 Å². The van der Waals surface area contributed by atoms with Crippen LogP contribution in [-0.4, -0.2) is 35.7 Å². The van der Waals surface area contributed by atoms with Crippen LogP contribution in [0.15, 0.2) is 27.8 Å². The third kappa shape index (κ3) is 5.62. The van der Waals surface area contributed by atoms with Gasteiger partial charge in [0, 0.05) is 20.2 Å². The van der Waals surface area contributed by atoms with Gasteiger partial charge in [-0.3, -0.25) is 19.1 Å². The molecule has 3 N–H and O–H groups in total. The van der Waals surface area contributed by atoms with Crippen molar-refractivity contribution in [1.29, 1.82) is 0 Å². The molecule has 0 aliphatic rings. The molecule has 0 saturated carbocycles. The third-order valence-electron chi connectivity index (χ3n) is 4.38. The Hall–Kier alpha value is -2.29. The van der Waals surface area contributed by atoms with Crippen LogP contribution in [0, 0.1) is 0 Å². The van der Waals surface area contributed by atoms with E-state index in [-0.39, 0.29) is 31.1 Å². The Morgan fingerprint density at radius 3 is 2.62 bits per heavy atom. The summed E-state index contributed by atoms with van der Waals surface area (Å²) in [5, 5.41) is 0.702. The van der Waals surface area contributed by atoms with Crippen LogP contribution in [0.4, 0.5) is 11.5 Å². The van der Waals surface area contributed by atoms with Crippen LogP contribution in [-0.2, 0) is 22.5 Å². The van der Waals surface area contributed by atoms with E-state index in [1.54, 1.807) is 18.2 Å². The number of nitrogen functional groups attached to an aromatic ring is 1. The van der Waals surface area contributed by atoms with Gasteiger partial charge in [-0.05, 0) is 24.1 Å². The average molecular weight is 443 g/mol. The number of carbonyl (C=O) groups excluding carboxylic acids is 1. The number of halogens is 2. The lowest BCUT2D eigenvalue weighted by Gasteiger charge is -2.24. The van der Waals surface area contributed by atoms with Gasteiger partial charge in [0.1, 0.15) is 5.82 Å². The fourth-order valence-electron chi connectivity index (χ4n) is 2.84. The predicted molar refractivity (Wildman–Crippen MR) is 115 cm³/mol. The van der Waals surface area contributed by atoms with Crippen molar-refractivity contribution in [2.75, 3.05) is 30.9 Å². The van der Waals surface area contributed by atoms with Crippen LogP contribution in [0.1, 0.15) is 25.3 Å². The molecule has 0 saturated heterocycles. The van der Waals surface area contributed by atoms with Crippen LogP contribution in [0.5, 0.6) is 0 Å². The van der Waals surface area contributed by atoms with E-state index in [0.717, 1.165) is 6.42 Å². The Morgan fingerprint density at radius 2 is 2.00 bits per heavy atom. The molecule has 1 aromatic heterocycles. The SMILES string of the molecule is CCCCn1c(N)c(N(CCOC)C(=O)Cc2ccc(Cl)c(Cl)c2)c(=O)[nH]c1=O. The maximum Gasteiger partial charge on any atom is 0.330 e. The van der Waals surface area contributed by atoms with E-state index in [9.17, 15) is 14.4 Å². The Balaban J connectivity index is 2.45. The van der Waals surface area contributed by atoms with Gasteiger partial charge in [0.05, 0.1) is 23.1 Å². The molecule has 2 rings (SSSR count). The largest absolute Gasteiger partial charge is 0.383 e. The van der Waals surface area contributed by atoms with Crippen molar-refractivity contribution in [3.63, 3.8) is 0 Å². The van der Waals surface area contributed by atoms with E-state index >= 15 is 0 Å². The molecule has 2 aromatic rings. The number of aromatic amines is 1. The molecule has 0 aliphatic carbocycles. The molecule has 0 bridgehead atoms. The van der Waals surface area contributed by atoms with Gasteiger partial charge in [0.15, 0.2) is 5.69 Å². The lowest BCUT2D eigenvalue weighted by atomic mass is 10.1. The number of unbranched alkanes of at least 4 members (excludes halogenated alkanes) is 1. The summed E-state index contributed by atoms with van der Waals surface area (Å²) in [6.07, 6.45) is 1.50. The zero-order valence-electron chi connectivity index (χ0n) is 16.3. The van der Waals surface area contributed by atoms with Gasteiger partial charge >= 0.3 is 5.69 Å². The Kier molecular flexibility index (Phi) is 8.31. The van der Waals surface area contributed by atoms with Gasteiger partial charge in [-0.25, -0.2) is 4.79 Å².